The van der Waals surface area contributed by atoms with E-state index in [-0.39, 0.29) is 44.2 Å². The first-order valence-electron chi connectivity index (χ1n) is 9.93. The third-order valence-corrected chi connectivity index (χ3v) is 8.15. The number of nitrogens with zero attached hydrogens (tertiary/aromatic N) is 3. The Hall–Kier alpha value is -2.18. The molecule has 0 unspecified atom stereocenters. The Morgan fingerprint density at radius 3 is 2.38 bits per heavy atom. The van der Waals surface area contributed by atoms with Crippen molar-refractivity contribution in [1.29, 1.82) is 0 Å². The highest BCUT2D eigenvalue weighted by Gasteiger charge is 2.34. The van der Waals surface area contributed by atoms with Gasteiger partial charge in [-0.15, -0.1) is 11.3 Å². The maximum Gasteiger partial charge on any atom is 0.416 e. The Morgan fingerprint density at radius 1 is 1.16 bits per heavy atom. The lowest BCUT2D eigenvalue weighted by atomic mass is 9.98. The summed E-state index contributed by atoms with van der Waals surface area (Å²) in [6, 6.07) is 3.33. The van der Waals surface area contributed by atoms with Crippen molar-refractivity contribution in [3.8, 4) is 0 Å². The number of benzene rings is 1. The van der Waals surface area contributed by atoms with Gasteiger partial charge in [-0.25, -0.2) is 18.2 Å². The lowest BCUT2D eigenvalue weighted by Crippen LogP contribution is -2.53. The second-order valence-corrected chi connectivity index (χ2v) is 11.3. The molecule has 0 spiro atoms. The average molecular weight is 491 g/mol. The number of urea groups is 1. The molecule has 12 heteroatoms. The quantitative estimate of drug-likeness (QED) is 0.709. The summed E-state index contributed by atoms with van der Waals surface area (Å²) in [5, 5.41) is 5.64. The van der Waals surface area contributed by atoms with Crippen LogP contribution in [0, 0.1) is 0 Å². The third-order valence-electron chi connectivity index (χ3n) is 4.94. The summed E-state index contributed by atoms with van der Waals surface area (Å²) in [5.41, 5.74) is -0.346. The van der Waals surface area contributed by atoms with Crippen molar-refractivity contribution in [3.63, 3.8) is 0 Å². The Balaban J connectivity index is 1.57. The van der Waals surface area contributed by atoms with E-state index in [2.05, 4.69) is 31.1 Å². The lowest BCUT2D eigenvalue weighted by Gasteiger charge is -2.34. The molecule has 32 heavy (non-hydrogen) atoms. The standard InChI is InChI=1S/C20H25F3N4O3S2/c1-19(2,3)17-25-15(13-31-17)12-24-18(28)26-7-9-27(10-8-26)32(29,30)16-6-4-5-14(11-16)20(21,22)23/h4-6,11,13H,7-10,12H2,1-3H3,(H,24,28). The van der Waals surface area contributed by atoms with Crippen molar-refractivity contribution in [2.24, 2.45) is 0 Å². The zero-order valence-corrected chi connectivity index (χ0v) is 19.6. The number of piperazine rings is 1. The first-order valence-corrected chi connectivity index (χ1v) is 12.3. The Labute approximate surface area is 189 Å². The molecule has 176 valence electrons. The lowest BCUT2D eigenvalue weighted by molar-refractivity contribution is -0.137. The van der Waals surface area contributed by atoms with E-state index in [1.807, 2.05) is 5.38 Å². The number of alkyl halides is 3. The molecule has 1 saturated heterocycles. The van der Waals surface area contributed by atoms with E-state index < -0.39 is 26.7 Å². The van der Waals surface area contributed by atoms with Gasteiger partial charge in [-0.1, -0.05) is 26.8 Å². The fourth-order valence-electron chi connectivity index (χ4n) is 3.12. The van der Waals surface area contributed by atoms with Crippen LogP contribution < -0.4 is 5.32 Å². The van der Waals surface area contributed by atoms with Gasteiger partial charge >= 0.3 is 12.2 Å². The molecule has 1 aromatic carbocycles. The van der Waals surface area contributed by atoms with Crippen LogP contribution in [0.2, 0.25) is 0 Å². The van der Waals surface area contributed by atoms with E-state index in [4.69, 9.17) is 0 Å². The molecular formula is C20H25F3N4O3S2. The smallest absolute Gasteiger partial charge is 0.332 e. The number of thiazole rings is 1. The number of amides is 2. The number of carbonyl (C=O) groups is 1. The number of carbonyl (C=O) groups excluding carboxylic acids is 1. The first-order chi connectivity index (χ1) is 14.8. The minimum Gasteiger partial charge on any atom is -0.332 e. The highest BCUT2D eigenvalue weighted by Crippen LogP contribution is 2.31. The molecule has 3 rings (SSSR count). The summed E-state index contributed by atoms with van der Waals surface area (Å²) in [6.07, 6.45) is -4.63. The molecule has 1 aliphatic heterocycles. The van der Waals surface area contributed by atoms with Gasteiger partial charge in [0, 0.05) is 37.0 Å². The third kappa shape index (κ3) is 5.59. The van der Waals surface area contributed by atoms with Crippen molar-refractivity contribution in [2.75, 3.05) is 26.2 Å². The van der Waals surface area contributed by atoms with E-state index in [1.165, 1.54) is 16.2 Å². The van der Waals surface area contributed by atoms with Crippen LogP contribution in [0.5, 0.6) is 0 Å². The van der Waals surface area contributed by atoms with Gasteiger partial charge in [0.05, 0.1) is 27.7 Å². The van der Waals surface area contributed by atoms with Crippen molar-refractivity contribution in [3.05, 3.63) is 45.9 Å². The highest BCUT2D eigenvalue weighted by atomic mass is 32.2. The minimum atomic E-state index is -4.63. The number of sulfonamides is 1. The number of hydrogen-bond donors (Lipinski definition) is 1. The fraction of sp³-hybridized carbons (Fsp3) is 0.500. The Bertz CT molecular complexity index is 1070. The summed E-state index contributed by atoms with van der Waals surface area (Å²) in [4.78, 5) is 18.0. The van der Waals surface area contributed by atoms with Crippen molar-refractivity contribution < 1.29 is 26.4 Å². The molecule has 0 atom stereocenters. The molecular weight excluding hydrogens is 465 g/mol. The SMILES string of the molecule is CC(C)(C)c1nc(CNC(=O)N2CCN(S(=O)(=O)c3cccc(C(F)(F)F)c3)CC2)cs1. The van der Waals surface area contributed by atoms with Gasteiger partial charge < -0.3 is 10.2 Å². The minimum absolute atomic E-state index is 0.00310. The van der Waals surface area contributed by atoms with Crippen LogP contribution in [-0.4, -0.2) is 54.8 Å². The van der Waals surface area contributed by atoms with E-state index in [0.29, 0.717) is 6.07 Å². The number of hydrogen-bond acceptors (Lipinski definition) is 5. The number of rotatable bonds is 4. The second kappa shape index (κ2) is 8.99. The van der Waals surface area contributed by atoms with Gasteiger partial charge in [0.2, 0.25) is 10.0 Å². The highest BCUT2D eigenvalue weighted by molar-refractivity contribution is 7.89. The largest absolute Gasteiger partial charge is 0.416 e. The number of aromatic nitrogens is 1. The van der Waals surface area contributed by atoms with Crippen LogP contribution in [0.3, 0.4) is 0 Å². The van der Waals surface area contributed by atoms with E-state index in [0.717, 1.165) is 33.2 Å². The van der Waals surface area contributed by atoms with Gasteiger partial charge in [0.1, 0.15) is 0 Å². The number of nitrogens with one attached hydrogen (secondary N) is 1. The molecule has 0 bridgehead atoms. The molecule has 2 heterocycles. The predicted octanol–water partition coefficient (Wildman–Crippen LogP) is 3.68. The predicted molar refractivity (Wildman–Crippen MR) is 115 cm³/mol. The molecule has 0 saturated carbocycles. The average Bonchev–Trinajstić information content (AvgIpc) is 3.21. The summed E-state index contributed by atoms with van der Waals surface area (Å²) in [7, 11) is -4.09. The Morgan fingerprint density at radius 2 is 1.81 bits per heavy atom. The topological polar surface area (TPSA) is 82.6 Å². The molecule has 0 aliphatic carbocycles. The van der Waals surface area contributed by atoms with Crippen LogP contribution in [0.1, 0.15) is 37.0 Å². The second-order valence-electron chi connectivity index (χ2n) is 8.47. The zero-order chi connectivity index (χ0) is 23.7. The van der Waals surface area contributed by atoms with E-state index in [1.54, 1.807) is 0 Å². The zero-order valence-electron chi connectivity index (χ0n) is 17.9. The van der Waals surface area contributed by atoms with E-state index in [9.17, 15) is 26.4 Å². The first kappa shape index (κ1) is 24.5. The maximum atomic E-state index is 12.9. The van der Waals surface area contributed by atoms with Gasteiger partial charge in [-0.2, -0.15) is 17.5 Å². The van der Waals surface area contributed by atoms with Gasteiger partial charge in [0.15, 0.2) is 0 Å². The summed E-state index contributed by atoms with van der Waals surface area (Å²) < 4.78 is 65.4. The van der Waals surface area contributed by atoms with Gasteiger partial charge in [-0.3, -0.25) is 0 Å². The van der Waals surface area contributed by atoms with Crippen molar-refractivity contribution >= 4 is 27.4 Å². The number of halogens is 3. The van der Waals surface area contributed by atoms with Crippen molar-refractivity contribution in [1.82, 2.24) is 19.5 Å². The Kier molecular flexibility index (Phi) is 6.87. The molecule has 1 aliphatic rings. The van der Waals surface area contributed by atoms with Crippen molar-refractivity contribution in [2.45, 2.75) is 43.8 Å². The molecule has 7 nitrogen and oxygen atoms in total. The van der Waals surface area contributed by atoms with Crippen LogP contribution in [0.15, 0.2) is 34.5 Å². The van der Waals surface area contributed by atoms with Gasteiger partial charge in [0.25, 0.3) is 0 Å². The summed E-state index contributed by atoms with van der Waals surface area (Å²) in [6.45, 7) is 6.69. The van der Waals surface area contributed by atoms with Gasteiger partial charge in [-0.05, 0) is 18.2 Å². The summed E-state index contributed by atoms with van der Waals surface area (Å²) in [5.74, 6) is 0. The maximum absolute atomic E-state index is 12.9. The molecule has 1 N–H and O–H groups in total. The molecule has 0 radical (unpaired) electrons. The van der Waals surface area contributed by atoms with Crippen LogP contribution >= 0.6 is 11.3 Å². The fourth-order valence-corrected chi connectivity index (χ4v) is 5.50. The normalized spacial score (nSPS) is 16.2. The molecule has 2 aromatic rings. The van der Waals surface area contributed by atoms with Crippen LogP contribution in [-0.2, 0) is 28.2 Å². The molecule has 2 amide bonds. The molecule has 1 fully saturated rings. The monoisotopic (exact) mass is 490 g/mol. The van der Waals surface area contributed by atoms with Crippen LogP contribution in [0.25, 0.3) is 0 Å². The summed E-state index contributed by atoms with van der Waals surface area (Å²) >= 11 is 1.53. The van der Waals surface area contributed by atoms with E-state index >= 15 is 0 Å². The van der Waals surface area contributed by atoms with Crippen LogP contribution in [0.4, 0.5) is 18.0 Å². The molecule has 1 aromatic heterocycles.